The van der Waals surface area contributed by atoms with Gasteiger partial charge in [0.05, 0.1) is 7.11 Å². The van der Waals surface area contributed by atoms with Gasteiger partial charge in [-0.25, -0.2) is 0 Å². The van der Waals surface area contributed by atoms with Gasteiger partial charge in [-0.3, -0.25) is 0 Å². The SMILES string of the molecule is C=C/C(=C\C=C/C)CCCNc1ccc(OC)cc1. The molecule has 0 aromatic heterocycles. The predicted molar refractivity (Wildman–Crippen MR) is 83.8 cm³/mol. The van der Waals surface area contributed by atoms with Crippen LogP contribution in [-0.4, -0.2) is 13.7 Å². The number of benzene rings is 1. The Balaban J connectivity index is 2.31. The third kappa shape index (κ3) is 5.96. The van der Waals surface area contributed by atoms with E-state index < -0.39 is 0 Å². The van der Waals surface area contributed by atoms with E-state index in [4.69, 9.17) is 4.74 Å². The maximum absolute atomic E-state index is 5.13. The zero-order valence-electron chi connectivity index (χ0n) is 11.9. The number of hydrogen-bond acceptors (Lipinski definition) is 2. The van der Waals surface area contributed by atoms with Crippen LogP contribution in [0.3, 0.4) is 0 Å². The summed E-state index contributed by atoms with van der Waals surface area (Å²) >= 11 is 0. The van der Waals surface area contributed by atoms with Crippen molar-refractivity contribution in [1.29, 1.82) is 0 Å². The summed E-state index contributed by atoms with van der Waals surface area (Å²) in [5, 5.41) is 3.40. The largest absolute Gasteiger partial charge is 0.497 e. The highest BCUT2D eigenvalue weighted by molar-refractivity contribution is 5.46. The van der Waals surface area contributed by atoms with Crippen LogP contribution < -0.4 is 10.1 Å². The highest BCUT2D eigenvalue weighted by Gasteiger charge is 1.95. The van der Waals surface area contributed by atoms with Crippen molar-refractivity contribution in [2.24, 2.45) is 0 Å². The van der Waals surface area contributed by atoms with E-state index in [0.717, 1.165) is 30.8 Å². The van der Waals surface area contributed by atoms with Crippen molar-refractivity contribution < 1.29 is 4.74 Å². The Hall–Kier alpha value is -1.96. The van der Waals surface area contributed by atoms with Crippen LogP contribution in [0, 0.1) is 0 Å². The lowest BCUT2D eigenvalue weighted by molar-refractivity contribution is 0.415. The monoisotopic (exact) mass is 257 g/mol. The second-order valence-electron chi connectivity index (χ2n) is 4.23. The van der Waals surface area contributed by atoms with Gasteiger partial charge in [-0.15, -0.1) is 0 Å². The first-order valence-electron chi connectivity index (χ1n) is 6.62. The standard InChI is InChI=1S/C17H23NO/c1-4-6-8-15(5-2)9-7-14-18-16-10-12-17(19-3)13-11-16/h4-6,8,10-13,18H,2,7,9,14H2,1,3H3/b6-4-,15-8+. The summed E-state index contributed by atoms with van der Waals surface area (Å²) in [5.74, 6) is 0.883. The summed E-state index contributed by atoms with van der Waals surface area (Å²) in [5.41, 5.74) is 2.40. The van der Waals surface area contributed by atoms with Gasteiger partial charge in [0.1, 0.15) is 5.75 Å². The number of nitrogens with one attached hydrogen (secondary N) is 1. The topological polar surface area (TPSA) is 21.3 Å². The van der Waals surface area contributed by atoms with Crippen LogP contribution in [0.2, 0.25) is 0 Å². The molecule has 1 N–H and O–H groups in total. The molecule has 2 heteroatoms. The number of allylic oxidation sites excluding steroid dienone is 5. The minimum Gasteiger partial charge on any atom is -0.497 e. The van der Waals surface area contributed by atoms with E-state index in [1.165, 1.54) is 5.57 Å². The Bertz CT molecular complexity index is 429. The maximum atomic E-state index is 5.13. The van der Waals surface area contributed by atoms with Gasteiger partial charge in [0.15, 0.2) is 0 Å². The lowest BCUT2D eigenvalue weighted by Gasteiger charge is -2.07. The van der Waals surface area contributed by atoms with Gasteiger partial charge >= 0.3 is 0 Å². The van der Waals surface area contributed by atoms with Crippen molar-refractivity contribution in [2.45, 2.75) is 19.8 Å². The average molecular weight is 257 g/mol. The molecule has 0 amide bonds. The third-order valence-electron chi connectivity index (χ3n) is 2.83. The molecule has 0 aliphatic heterocycles. The van der Waals surface area contributed by atoms with Crippen LogP contribution in [0.1, 0.15) is 19.8 Å². The lowest BCUT2D eigenvalue weighted by Crippen LogP contribution is -2.01. The van der Waals surface area contributed by atoms with Crippen molar-refractivity contribution in [2.75, 3.05) is 19.0 Å². The highest BCUT2D eigenvalue weighted by Crippen LogP contribution is 2.15. The fourth-order valence-electron chi connectivity index (χ4n) is 1.71. The molecular weight excluding hydrogens is 234 g/mol. The van der Waals surface area contributed by atoms with Crippen LogP contribution in [-0.2, 0) is 0 Å². The van der Waals surface area contributed by atoms with Crippen LogP contribution in [0.15, 0.2) is 60.7 Å². The molecule has 0 spiro atoms. The van der Waals surface area contributed by atoms with E-state index >= 15 is 0 Å². The Kier molecular flexibility index (Phi) is 7.18. The van der Waals surface area contributed by atoms with Crippen molar-refractivity contribution >= 4 is 5.69 Å². The van der Waals surface area contributed by atoms with E-state index in [2.05, 4.69) is 18.0 Å². The molecule has 1 rings (SSSR count). The second kappa shape index (κ2) is 9.03. The third-order valence-corrected chi connectivity index (χ3v) is 2.83. The normalized spacial score (nSPS) is 11.6. The van der Waals surface area contributed by atoms with Crippen molar-refractivity contribution in [3.8, 4) is 5.75 Å². The first-order valence-corrected chi connectivity index (χ1v) is 6.62. The zero-order valence-corrected chi connectivity index (χ0v) is 11.9. The molecular formula is C17H23NO. The van der Waals surface area contributed by atoms with E-state index in [1.807, 2.05) is 49.4 Å². The first-order chi connectivity index (χ1) is 9.30. The molecule has 0 atom stereocenters. The number of methoxy groups -OCH3 is 1. The molecule has 0 aliphatic rings. The minimum absolute atomic E-state index is 0.883. The van der Waals surface area contributed by atoms with Gasteiger partial charge in [0.25, 0.3) is 0 Å². The molecule has 19 heavy (non-hydrogen) atoms. The summed E-state index contributed by atoms with van der Waals surface area (Å²) in [7, 11) is 1.68. The van der Waals surface area contributed by atoms with E-state index in [-0.39, 0.29) is 0 Å². The molecule has 0 heterocycles. The van der Waals surface area contributed by atoms with E-state index in [1.54, 1.807) is 7.11 Å². The molecule has 1 aromatic carbocycles. The fraction of sp³-hybridized carbons (Fsp3) is 0.294. The molecule has 0 radical (unpaired) electrons. The maximum Gasteiger partial charge on any atom is 0.119 e. The Morgan fingerprint density at radius 1 is 1.32 bits per heavy atom. The zero-order chi connectivity index (χ0) is 13.9. The van der Waals surface area contributed by atoms with Gasteiger partial charge in [0.2, 0.25) is 0 Å². The first kappa shape index (κ1) is 15.1. The van der Waals surface area contributed by atoms with Crippen LogP contribution >= 0.6 is 0 Å². The molecule has 2 nitrogen and oxygen atoms in total. The molecule has 0 aliphatic carbocycles. The predicted octanol–water partition coefficient (Wildman–Crippen LogP) is 4.58. The number of rotatable bonds is 8. The quantitative estimate of drug-likeness (QED) is 0.544. The van der Waals surface area contributed by atoms with Crippen molar-refractivity contribution in [1.82, 2.24) is 0 Å². The molecule has 0 saturated carbocycles. The van der Waals surface area contributed by atoms with Gasteiger partial charge < -0.3 is 10.1 Å². The van der Waals surface area contributed by atoms with Gasteiger partial charge in [-0.2, -0.15) is 0 Å². The summed E-state index contributed by atoms with van der Waals surface area (Å²) in [6.07, 6.45) is 10.2. The fourth-order valence-corrected chi connectivity index (χ4v) is 1.71. The van der Waals surface area contributed by atoms with Crippen LogP contribution in [0.25, 0.3) is 0 Å². The highest BCUT2D eigenvalue weighted by atomic mass is 16.5. The van der Waals surface area contributed by atoms with Crippen LogP contribution in [0.5, 0.6) is 5.75 Å². The lowest BCUT2D eigenvalue weighted by atomic mass is 10.1. The molecule has 0 saturated heterocycles. The molecule has 0 fully saturated rings. The van der Waals surface area contributed by atoms with Gasteiger partial charge in [-0.05, 0) is 49.6 Å². The van der Waals surface area contributed by atoms with Crippen molar-refractivity contribution in [3.05, 3.63) is 60.7 Å². The van der Waals surface area contributed by atoms with Crippen LogP contribution in [0.4, 0.5) is 5.69 Å². The van der Waals surface area contributed by atoms with Gasteiger partial charge in [-0.1, -0.05) is 30.9 Å². The van der Waals surface area contributed by atoms with E-state index in [0.29, 0.717) is 0 Å². The Morgan fingerprint density at radius 3 is 2.63 bits per heavy atom. The average Bonchev–Trinajstić information content (AvgIpc) is 2.47. The van der Waals surface area contributed by atoms with Crippen molar-refractivity contribution in [3.63, 3.8) is 0 Å². The molecule has 1 aromatic rings. The second-order valence-corrected chi connectivity index (χ2v) is 4.23. The smallest absolute Gasteiger partial charge is 0.119 e. The Morgan fingerprint density at radius 2 is 2.05 bits per heavy atom. The summed E-state index contributed by atoms with van der Waals surface area (Å²) in [6.45, 7) is 6.80. The minimum atomic E-state index is 0.883. The summed E-state index contributed by atoms with van der Waals surface area (Å²) in [4.78, 5) is 0. The number of ether oxygens (including phenoxy) is 1. The Labute approximate surface area is 116 Å². The van der Waals surface area contributed by atoms with Gasteiger partial charge in [0, 0.05) is 12.2 Å². The molecule has 102 valence electrons. The van der Waals surface area contributed by atoms with E-state index in [9.17, 15) is 0 Å². The number of anilines is 1. The molecule has 0 bridgehead atoms. The molecule has 0 unspecified atom stereocenters. The number of hydrogen-bond donors (Lipinski definition) is 1. The summed E-state index contributed by atoms with van der Waals surface area (Å²) < 4.78 is 5.13. The summed E-state index contributed by atoms with van der Waals surface area (Å²) in [6, 6.07) is 7.98.